The molecule has 0 aliphatic heterocycles. The fourth-order valence-corrected chi connectivity index (χ4v) is 1.97. The molecule has 2 aromatic carbocycles. The molecular weight excluding hydrogens is 214 g/mol. The third-order valence-corrected chi connectivity index (χ3v) is 2.70. The van der Waals surface area contributed by atoms with Crippen molar-refractivity contribution in [2.45, 2.75) is 0 Å². The highest BCUT2D eigenvalue weighted by atomic mass is 16.1. The van der Waals surface area contributed by atoms with E-state index in [2.05, 4.69) is 15.5 Å². The molecule has 82 valence electrons. The van der Waals surface area contributed by atoms with Gasteiger partial charge in [0.2, 0.25) is 6.41 Å². The van der Waals surface area contributed by atoms with Crippen LogP contribution in [0.4, 0.5) is 5.69 Å². The first kappa shape index (κ1) is 9.72. The first-order valence-electron chi connectivity index (χ1n) is 5.24. The van der Waals surface area contributed by atoms with E-state index in [1.807, 2.05) is 42.5 Å². The second-order valence-electron chi connectivity index (χ2n) is 3.68. The van der Waals surface area contributed by atoms with E-state index in [4.69, 9.17) is 0 Å². The number of nitrogens with zero attached hydrogens (tertiary/aromatic N) is 2. The van der Waals surface area contributed by atoms with Crippen molar-refractivity contribution in [3.63, 3.8) is 0 Å². The Kier molecular flexibility index (Phi) is 2.19. The standard InChI is InChI=1S/C13H9N3O/c17-8-14-11-6-3-7-12-13(11)9-4-1-2-5-10(9)15-16-12/h1-8H,(H,14,17). The quantitative estimate of drug-likeness (QED) is 0.536. The van der Waals surface area contributed by atoms with Crippen LogP contribution in [0.2, 0.25) is 0 Å². The summed E-state index contributed by atoms with van der Waals surface area (Å²) in [6.07, 6.45) is 0.671. The highest BCUT2D eigenvalue weighted by Gasteiger charge is 2.06. The van der Waals surface area contributed by atoms with Gasteiger partial charge in [-0.1, -0.05) is 24.3 Å². The van der Waals surface area contributed by atoms with Gasteiger partial charge >= 0.3 is 0 Å². The Morgan fingerprint density at radius 1 is 0.941 bits per heavy atom. The summed E-state index contributed by atoms with van der Waals surface area (Å²) < 4.78 is 0. The molecule has 3 rings (SSSR count). The molecule has 1 aromatic heterocycles. The van der Waals surface area contributed by atoms with Crippen molar-refractivity contribution in [2.75, 3.05) is 5.32 Å². The summed E-state index contributed by atoms with van der Waals surface area (Å²) in [4.78, 5) is 10.6. The van der Waals surface area contributed by atoms with Gasteiger partial charge in [-0.3, -0.25) is 4.79 Å². The van der Waals surface area contributed by atoms with Crippen molar-refractivity contribution >= 4 is 33.9 Å². The van der Waals surface area contributed by atoms with Crippen molar-refractivity contribution in [3.8, 4) is 0 Å². The van der Waals surface area contributed by atoms with Gasteiger partial charge in [0.15, 0.2) is 0 Å². The predicted molar refractivity (Wildman–Crippen MR) is 66.7 cm³/mol. The lowest BCUT2D eigenvalue weighted by Crippen LogP contribution is -1.96. The zero-order valence-corrected chi connectivity index (χ0v) is 8.92. The Morgan fingerprint density at radius 2 is 1.71 bits per heavy atom. The summed E-state index contributed by atoms with van der Waals surface area (Å²) in [7, 11) is 0. The summed E-state index contributed by atoms with van der Waals surface area (Å²) >= 11 is 0. The van der Waals surface area contributed by atoms with Gasteiger partial charge in [0.1, 0.15) is 0 Å². The number of carbonyl (C=O) groups excluding carboxylic acids is 1. The second-order valence-corrected chi connectivity index (χ2v) is 3.68. The van der Waals surface area contributed by atoms with Crippen LogP contribution in [0.25, 0.3) is 21.8 Å². The maximum absolute atomic E-state index is 10.6. The predicted octanol–water partition coefficient (Wildman–Crippen LogP) is 2.35. The number of hydrogen-bond acceptors (Lipinski definition) is 3. The highest BCUT2D eigenvalue weighted by molar-refractivity contribution is 6.11. The van der Waals surface area contributed by atoms with Crippen LogP contribution < -0.4 is 5.32 Å². The largest absolute Gasteiger partial charge is 0.328 e. The Morgan fingerprint density at radius 3 is 2.59 bits per heavy atom. The van der Waals surface area contributed by atoms with Crippen molar-refractivity contribution in [1.82, 2.24) is 10.2 Å². The van der Waals surface area contributed by atoms with E-state index in [-0.39, 0.29) is 0 Å². The fraction of sp³-hybridized carbons (Fsp3) is 0. The molecule has 0 atom stereocenters. The topological polar surface area (TPSA) is 54.9 Å². The molecule has 3 aromatic rings. The molecule has 4 heteroatoms. The zero-order chi connectivity index (χ0) is 11.7. The lowest BCUT2D eigenvalue weighted by Gasteiger charge is -2.06. The van der Waals surface area contributed by atoms with Crippen molar-refractivity contribution < 1.29 is 4.79 Å². The molecular formula is C13H9N3O. The Labute approximate surface area is 97.3 Å². The molecule has 0 bridgehead atoms. The molecule has 1 N–H and O–H groups in total. The molecule has 0 saturated heterocycles. The molecule has 0 saturated carbocycles. The minimum Gasteiger partial charge on any atom is -0.328 e. The lowest BCUT2D eigenvalue weighted by molar-refractivity contribution is -0.105. The number of nitrogens with one attached hydrogen (secondary N) is 1. The van der Waals surface area contributed by atoms with Crippen LogP contribution in [0.1, 0.15) is 0 Å². The van der Waals surface area contributed by atoms with E-state index in [0.29, 0.717) is 6.41 Å². The van der Waals surface area contributed by atoms with Crippen LogP contribution in [0.3, 0.4) is 0 Å². The Bertz CT molecular complexity index is 709. The summed E-state index contributed by atoms with van der Waals surface area (Å²) in [6.45, 7) is 0. The van der Waals surface area contributed by atoms with Gasteiger partial charge in [-0.2, -0.15) is 0 Å². The van der Waals surface area contributed by atoms with Crippen LogP contribution in [0, 0.1) is 0 Å². The third-order valence-electron chi connectivity index (χ3n) is 2.70. The van der Waals surface area contributed by atoms with E-state index in [1.165, 1.54) is 0 Å². The Balaban J connectivity index is 2.49. The molecule has 0 unspecified atom stereocenters. The summed E-state index contributed by atoms with van der Waals surface area (Å²) in [5.41, 5.74) is 2.35. The van der Waals surface area contributed by atoms with Crippen LogP contribution in [-0.4, -0.2) is 16.6 Å². The molecule has 1 amide bonds. The first-order chi connectivity index (χ1) is 8.40. The zero-order valence-electron chi connectivity index (χ0n) is 8.92. The first-order valence-corrected chi connectivity index (χ1v) is 5.24. The molecule has 0 aliphatic carbocycles. The number of hydrogen-bond donors (Lipinski definition) is 1. The van der Waals surface area contributed by atoms with Crippen LogP contribution in [0.15, 0.2) is 42.5 Å². The molecule has 0 radical (unpaired) electrons. The van der Waals surface area contributed by atoms with E-state index in [1.54, 1.807) is 0 Å². The lowest BCUT2D eigenvalue weighted by atomic mass is 10.1. The maximum atomic E-state index is 10.6. The number of carbonyl (C=O) groups is 1. The van der Waals surface area contributed by atoms with Crippen molar-refractivity contribution in [3.05, 3.63) is 42.5 Å². The molecule has 0 fully saturated rings. The molecule has 1 heterocycles. The van der Waals surface area contributed by atoms with Crippen LogP contribution in [0.5, 0.6) is 0 Å². The number of fused-ring (bicyclic) bond motifs is 3. The van der Waals surface area contributed by atoms with Gasteiger partial charge in [-0.05, 0) is 18.2 Å². The van der Waals surface area contributed by atoms with Gasteiger partial charge in [-0.25, -0.2) is 0 Å². The molecule has 0 spiro atoms. The molecule has 0 aliphatic rings. The third kappa shape index (κ3) is 1.50. The number of anilines is 1. The van der Waals surface area contributed by atoms with Gasteiger partial charge in [-0.15, -0.1) is 10.2 Å². The molecule has 17 heavy (non-hydrogen) atoms. The smallest absolute Gasteiger partial charge is 0.211 e. The number of aromatic nitrogens is 2. The SMILES string of the molecule is O=CNc1cccc2nnc3ccccc3c12. The average molecular weight is 223 g/mol. The Hall–Kier alpha value is -2.49. The van der Waals surface area contributed by atoms with E-state index < -0.39 is 0 Å². The maximum Gasteiger partial charge on any atom is 0.211 e. The van der Waals surface area contributed by atoms with Gasteiger partial charge in [0, 0.05) is 10.8 Å². The normalized spacial score (nSPS) is 10.6. The summed E-state index contributed by atoms with van der Waals surface area (Å²) in [5.74, 6) is 0. The van der Waals surface area contributed by atoms with Crippen molar-refractivity contribution in [2.24, 2.45) is 0 Å². The fourth-order valence-electron chi connectivity index (χ4n) is 1.97. The van der Waals surface area contributed by atoms with E-state index in [9.17, 15) is 4.79 Å². The van der Waals surface area contributed by atoms with Gasteiger partial charge in [0.25, 0.3) is 0 Å². The van der Waals surface area contributed by atoms with Crippen molar-refractivity contribution in [1.29, 1.82) is 0 Å². The summed E-state index contributed by atoms with van der Waals surface area (Å²) in [6, 6.07) is 13.3. The minimum absolute atomic E-state index is 0.671. The van der Waals surface area contributed by atoms with Crippen LogP contribution >= 0.6 is 0 Å². The van der Waals surface area contributed by atoms with E-state index in [0.717, 1.165) is 27.5 Å². The number of amides is 1. The van der Waals surface area contributed by atoms with E-state index >= 15 is 0 Å². The average Bonchev–Trinajstić information content (AvgIpc) is 2.39. The number of benzene rings is 2. The minimum atomic E-state index is 0.671. The highest BCUT2D eigenvalue weighted by Crippen LogP contribution is 2.28. The second kappa shape index (κ2) is 3.83. The van der Waals surface area contributed by atoms with Gasteiger partial charge in [0.05, 0.1) is 16.7 Å². The number of rotatable bonds is 2. The monoisotopic (exact) mass is 223 g/mol. The van der Waals surface area contributed by atoms with Gasteiger partial charge < -0.3 is 5.32 Å². The molecule has 4 nitrogen and oxygen atoms in total. The summed E-state index contributed by atoms with van der Waals surface area (Å²) in [5, 5.41) is 12.9. The van der Waals surface area contributed by atoms with Crippen LogP contribution in [-0.2, 0) is 4.79 Å².